The third-order valence-electron chi connectivity index (χ3n) is 7.59. The average molecular weight is 659 g/mol. The monoisotopic (exact) mass is 658 g/mol. The molecule has 0 aliphatic heterocycles. The smallest absolute Gasteiger partial charge is 0.416 e. The molecule has 0 spiro atoms. The minimum Gasteiger partial charge on any atom is -0.445 e. The predicted molar refractivity (Wildman–Crippen MR) is 168 cm³/mol. The lowest BCUT2D eigenvalue weighted by Gasteiger charge is -2.29. The van der Waals surface area contributed by atoms with Crippen LogP contribution in [-0.2, 0) is 25.7 Å². The maximum atomic E-state index is 13.8. The molecule has 0 aliphatic rings. The molecule has 0 saturated carbocycles. The minimum absolute atomic E-state index is 0.00734. The first-order valence-corrected chi connectivity index (χ1v) is 15.5. The lowest BCUT2D eigenvalue weighted by molar-refractivity contribution is -0.137. The van der Waals surface area contributed by atoms with Gasteiger partial charge in [0.1, 0.15) is 17.9 Å². The lowest BCUT2D eigenvalue weighted by Crippen LogP contribution is -2.44. The number of aromatic nitrogens is 1. The molecule has 7 nitrogen and oxygen atoms in total. The van der Waals surface area contributed by atoms with Crippen molar-refractivity contribution in [1.82, 2.24) is 14.8 Å². The molecule has 3 N–H and O–H groups in total. The standard InChI is InChI=1S/C35H39F5N4O3/c1-3-9-44(10-4-2)34(46)27-13-25(12-26(18-27)33-42-8-11-47-33)21-43(20-23-6-5-7-28(14-23)35(38,39)40)22-32(45)31(41)17-24-15-29(36)19-30(37)16-24/h5-8,11-16,18-19,31-32,45H,3-4,9-10,17,20-22,41H2,1-2H3/t31-,32+/m0/s1. The van der Waals surface area contributed by atoms with Gasteiger partial charge >= 0.3 is 6.18 Å². The number of benzene rings is 3. The number of halogens is 5. The van der Waals surface area contributed by atoms with E-state index in [9.17, 15) is 31.9 Å². The molecule has 252 valence electrons. The molecule has 0 radical (unpaired) electrons. The van der Waals surface area contributed by atoms with E-state index in [0.717, 1.165) is 43.2 Å². The summed E-state index contributed by atoms with van der Waals surface area (Å²) >= 11 is 0. The highest BCUT2D eigenvalue weighted by Crippen LogP contribution is 2.30. The normalized spacial score (nSPS) is 13.1. The molecule has 2 atom stereocenters. The summed E-state index contributed by atoms with van der Waals surface area (Å²) in [5.41, 5.74) is 7.59. The van der Waals surface area contributed by atoms with Crippen molar-refractivity contribution >= 4 is 5.91 Å². The van der Waals surface area contributed by atoms with E-state index in [2.05, 4.69) is 4.98 Å². The Kier molecular flexibility index (Phi) is 12.3. The van der Waals surface area contributed by atoms with Crippen LogP contribution in [0.15, 0.2) is 77.5 Å². The van der Waals surface area contributed by atoms with E-state index in [0.29, 0.717) is 35.3 Å². The van der Waals surface area contributed by atoms with E-state index >= 15 is 0 Å². The van der Waals surface area contributed by atoms with E-state index in [1.165, 1.54) is 18.5 Å². The molecule has 3 aromatic carbocycles. The highest BCUT2D eigenvalue weighted by atomic mass is 19.4. The number of rotatable bonds is 15. The fraction of sp³-hybridized carbons (Fsp3) is 0.371. The van der Waals surface area contributed by atoms with Gasteiger partial charge in [-0.15, -0.1) is 0 Å². The lowest BCUT2D eigenvalue weighted by atomic mass is 10.00. The highest BCUT2D eigenvalue weighted by molar-refractivity contribution is 5.95. The molecule has 0 bridgehead atoms. The minimum atomic E-state index is -4.55. The van der Waals surface area contributed by atoms with Crippen molar-refractivity contribution in [3.8, 4) is 11.5 Å². The number of oxazole rings is 1. The molecule has 0 fully saturated rings. The maximum Gasteiger partial charge on any atom is 0.416 e. The van der Waals surface area contributed by atoms with Crippen LogP contribution in [0, 0.1) is 11.6 Å². The van der Waals surface area contributed by atoms with Crippen molar-refractivity contribution in [3.05, 3.63) is 113 Å². The average Bonchev–Trinajstić information content (AvgIpc) is 3.55. The molecular weight excluding hydrogens is 619 g/mol. The first-order chi connectivity index (χ1) is 22.4. The van der Waals surface area contributed by atoms with E-state index in [4.69, 9.17) is 10.2 Å². The Morgan fingerprint density at radius 1 is 0.936 bits per heavy atom. The van der Waals surface area contributed by atoms with Gasteiger partial charge in [-0.25, -0.2) is 13.8 Å². The zero-order valence-electron chi connectivity index (χ0n) is 26.3. The Bertz CT molecular complexity index is 1590. The first kappa shape index (κ1) is 35.7. The Morgan fingerprint density at radius 2 is 1.62 bits per heavy atom. The Labute approximate surface area is 270 Å². The van der Waals surface area contributed by atoms with Crippen molar-refractivity contribution in [2.24, 2.45) is 5.73 Å². The molecule has 47 heavy (non-hydrogen) atoms. The topological polar surface area (TPSA) is 95.8 Å². The number of alkyl halides is 3. The third kappa shape index (κ3) is 10.2. The van der Waals surface area contributed by atoms with Crippen LogP contribution in [0.25, 0.3) is 11.5 Å². The molecule has 1 heterocycles. The number of nitrogens with zero attached hydrogens (tertiary/aromatic N) is 3. The number of aliphatic hydroxyl groups is 1. The molecule has 1 amide bonds. The summed E-state index contributed by atoms with van der Waals surface area (Å²) in [5, 5.41) is 11.1. The van der Waals surface area contributed by atoms with E-state index in [1.54, 1.807) is 34.1 Å². The van der Waals surface area contributed by atoms with Gasteiger partial charge in [-0.2, -0.15) is 13.2 Å². The van der Waals surface area contributed by atoms with Crippen molar-refractivity contribution in [2.45, 2.75) is 64.5 Å². The Hall–Kier alpha value is -4.13. The van der Waals surface area contributed by atoms with E-state index < -0.39 is 35.5 Å². The largest absolute Gasteiger partial charge is 0.445 e. The SMILES string of the molecule is CCCN(CCC)C(=O)c1cc(CN(Cc2cccc(C(F)(F)F)c2)C[C@@H](O)[C@@H](N)Cc2cc(F)cc(F)c2)cc(-c2ncco2)c1. The van der Waals surface area contributed by atoms with E-state index in [-0.39, 0.29) is 43.4 Å². The van der Waals surface area contributed by atoms with Crippen LogP contribution in [0.4, 0.5) is 22.0 Å². The number of nitrogens with two attached hydrogens (primary N) is 1. The van der Waals surface area contributed by atoms with Crippen molar-refractivity contribution in [3.63, 3.8) is 0 Å². The van der Waals surface area contributed by atoms with Crippen LogP contribution in [0.2, 0.25) is 0 Å². The van der Waals surface area contributed by atoms with Gasteiger partial charge in [0.25, 0.3) is 5.91 Å². The molecule has 1 aromatic heterocycles. The zero-order chi connectivity index (χ0) is 34.1. The van der Waals surface area contributed by atoms with Gasteiger partial charge in [-0.05, 0) is 72.4 Å². The van der Waals surface area contributed by atoms with Crippen molar-refractivity contribution < 1.29 is 36.3 Å². The fourth-order valence-electron chi connectivity index (χ4n) is 5.52. The summed E-state index contributed by atoms with van der Waals surface area (Å²) in [6.07, 6.45) is -1.40. The van der Waals surface area contributed by atoms with Crippen LogP contribution in [-0.4, -0.2) is 57.6 Å². The van der Waals surface area contributed by atoms with Gasteiger partial charge < -0.3 is 20.2 Å². The van der Waals surface area contributed by atoms with Crippen LogP contribution in [0.1, 0.15) is 59.3 Å². The van der Waals surface area contributed by atoms with Crippen LogP contribution in [0.3, 0.4) is 0 Å². The zero-order valence-corrected chi connectivity index (χ0v) is 26.3. The van der Waals surface area contributed by atoms with Crippen LogP contribution >= 0.6 is 0 Å². The fourth-order valence-corrected chi connectivity index (χ4v) is 5.52. The number of carbonyl (C=O) groups is 1. The van der Waals surface area contributed by atoms with Crippen molar-refractivity contribution in [2.75, 3.05) is 19.6 Å². The molecule has 4 rings (SSSR count). The highest BCUT2D eigenvalue weighted by Gasteiger charge is 2.31. The van der Waals surface area contributed by atoms with Crippen LogP contribution in [0.5, 0.6) is 0 Å². The molecule has 0 unspecified atom stereocenters. The molecule has 4 aromatic rings. The van der Waals surface area contributed by atoms with E-state index in [1.807, 2.05) is 13.8 Å². The van der Waals surface area contributed by atoms with Gasteiger partial charge in [0.2, 0.25) is 5.89 Å². The second-order valence-corrected chi connectivity index (χ2v) is 11.6. The maximum absolute atomic E-state index is 13.8. The second kappa shape index (κ2) is 16.1. The number of aliphatic hydroxyl groups excluding tert-OH is 1. The first-order valence-electron chi connectivity index (χ1n) is 15.5. The summed E-state index contributed by atoms with van der Waals surface area (Å²) in [6.45, 7) is 5.09. The Morgan fingerprint density at radius 3 is 2.23 bits per heavy atom. The second-order valence-electron chi connectivity index (χ2n) is 11.6. The third-order valence-corrected chi connectivity index (χ3v) is 7.59. The van der Waals surface area contributed by atoms with Crippen molar-refractivity contribution in [1.29, 1.82) is 0 Å². The molecule has 0 saturated heterocycles. The molecule has 0 aliphatic carbocycles. The summed E-state index contributed by atoms with van der Waals surface area (Å²) in [4.78, 5) is 21.3. The number of hydrogen-bond acceptors (Lipinski definition) is 6. The van der Waals surface area contributed by atoms with Gasteiger partial charge in [-0.1, -0.05) is 32.0 Å². The summed E-state index contributed by atoms with van der Waals surface area (Å²) in [5.74, 6) is -1.45. The number of amides is 1. The molecular formula is C35H39F5N4O3. The molecule has 12 heteroatoms. The summed E-state index contributed by atoms with van der Waals surface area (Å²) < 4.78 is 73.7. The summed E-state index contributed by atoms with van der Waals surface area (Å²) in [6, 6.07) is 12.1. The van der Waals surface area contributed by atoms with Gasteiger partial charge in [0, 0.05) is 56.0 Å². The number of carbonyl (C=O) groups excluding carboxylic acids is 1. The predicted octanol–water partition coefficient (Wildman–Crippen LogP) is 6.83. The van der Waals surface area contributed by atoms with Crippen LogP contribution < -0.4 is 5.73 Å². The summed E-state index contributed by atoms with van der Waals surface area (Å²) in [7, 11) is 0. The van der Waals surface area contributed by atoms with Gasteiger partial charge in [0.15, 0.2) is 0 Å². The Balaban J connectivity index is 1.68. The van der Waals surface area contributed by atoms with Gasteiger partial charge in [0.05, 0.1) is 17.9 Å². The quantitative estimate of drug-likeness (QED) is 0.136. The number of hydrogen-bond donors (Lipinski definition) is 2. The van der Waals surface area contributed by atoms with Gasteiger partial charge in [-0.3, -0.25) is 9.69 Å².